The predicted molar refractivity (Wildman–Crippen MR) is 130 cm³/mol. The maximum absolute atomic E-state index is 13.4. The maximum Gasteiger partial charge on any atom is 0.257 e. The summed E-state index contributed by atoms with van der Waals surface area (Å²) in [5, 5.41) is 3.56. The van der Waals surface area contributed by atoms with Gasteiger partial charge >= 0.3 is 0 Å². The van der Waals surface area contributed by atoms with Gasteiger partial charge in [-0.1, -0.05) is 50.8 Å². The van der Waals surface area contributed by atoms with Gasteiger partial charge in [-0.25, -0.2) is 0 Å². The van der Waals surface area contributed by atoms with Crippen LogP contribution in [-0.4, -0.2) is 43.8 Å². The lowest BCUT2D eigenvalue weighted by Crippen LogP contribution is -2.46. The molecule has 1 amide bonds. The molecule has 1 N–H and O–H groups in total. The lowest BCUT2D eigenvalue weighted by Gasteiger charge is -2.39. The minimum absolute atomic E-state index is 0.0243. The molecular formula is C27H36N2O4. The normalized spacial score (nSPS) is 19.8. The second-order valence-corrected chi connectivity index (χ2v) is 8.86. The molecule has 0 bridgehead atoms. The number of methoxy groups -OCH3 is 1. The van der Waals surface area contributed by atoms with Crippen molar-refractivity contribution in [3.63, 3.8) is 0 Å². The largest absolute Gasteiger partial charge is 0.493 e. The quantitative estimate of drug-likeness (QED) is 0.437. The third kappa shape index (κ3) is 5.61. The van der Waals surface area contributed by atoms with E-state index < -0.39 is 0 Å². The summed E-state index contributed by atoms with van der Waals surface area (Å²) in [6.45, 7) is 4.22. The van der Waals surface area contributed by atoms with E-state index in [1.54, 1.807) is 7.11 Å². The number of unbranched alkanes of at least 4 members (excludes halogenated alkanes) is 4. The fourth-order valence-electron chi connectivity index (χ4n) is 4.61. The van der Waals surface area contributed by atoms with E-state index in [0.717, 1.165) is 42.9 Å². The average molecular weight is 453 g/mol. The molecule has 1 fully saturated rings. The van der Waals surface area contributed by atoms with E-state index in [0.29, 0.717) is 24.5 Å². The molecule has 4 rings (SSSR count). The Morgan fingerprint density at radius 3 is 2.73 bits per heavy atom. The molecule has 2 aromatic rings. The minimum atomic E-state index is -0.298. The molecule has 2 aliphatic rings. The zero-order valence-corrected chi connectivity index (χ0v) is 19.8. The number of ether oxygens (including phenoxy) is 3. The molecular weight excluding hydrogens is 416 g/mol. The summed E-state index contributed by atoms with van der Waals surface area (Å²) in [5.41, 5.74) is 2.51. The van der Waals surface area contributed by atoms with Gasteiger partial charge in [0.15, 0.2) is 11.5 Å². The zero-order valence-electron chi connectivity index (χ0n) is 19.8. The fourth-order valence-corrected chi connectivity index (χ4v) is 4.61. The van der Waals surface area contributed by atoms with Gasteiger partial charge in [0.05, 0.1) is 25.4 Å². The van der Waals surface area contributed by atoms with Gasteiger partial charge < -0.3 is 24.4 Å². The van der Waals surface area contributed by atoms with E-state index in [-0.39, 0.29) is 18.2 Å². The third-order valence-corrected chi connectivity index (χ3v) is 6.46. The van der Waals surface area contributed by atoms with Gasteiger partial charge in [0.25, 0.3) is 5.91 Å². The van der Waals surface area contributed by atoms with Crippen molar-refractivity contribution >= 4 is 11.6 Å². The number of rotatable bonds is 11. The number of fused-ring (bicyclic) bond motifs is 1. The van der Waals surface area contributed by atoms with Crippen LogP contribution in [0.3, 0.4) is 0 Å². The van der Waals surface area contributed by atoms with Crippen molar-refractivity contribution in [3.05, 3.63) is 53.6 Å². The van der Waals surface area contributed by atoms with Crippen LogP contribution in [0.4, 0.5) is 5.69 Å². The molecule has 1 saturated heterocycles. The van der Waals surface area contributed by atoms with Crippen LogP contribution < -0.4 is 14.8 Å². The number of carbonyl (C=O) groups excluding carboxylic acids is 1. The molecule has 33 heavy (non-hydrogen) atoms. The number of anilines is 1. The van der Waals surface area contributed by atoms with Crippen molar-refractivity contribution in [2.24, 2.45) is 0 Å². The first kappa shape index (κ1) is 23.4. The van der Waals surface area contributed by atoms with Crippen molar-refractivity contribution in [3.8, 4) is 11.5 Å². The Morgan fingerprint density at radius 2 is 1.94 bits per heavy atom. The van der Waals surface area contributed by atoms with Crippen molar-refractivity contribution < 1.29 is 19.0 Å². The smallest absolute Gasteiger partial charge is 0.257 e. The second kappa shape index (κ2) is 11.4. The first-order valence-electron chi connectivity index (χ1n) is 12.3. The summed E-state index contributed by atoms with van der Waals surface area (Å²) >= 11 is 0. The van der Waals surface area contributed by atoms with E-state index in [2.05, 4.69) is 12.2 Å². The van der Waals surface area contributed by atoms with E-state index in [4.69, 9.17) is 14.2 Å². The molecule has 0 aliphatic carbocycles. The standard InChI is InChI=1S/C27H36N2O4/c1-3-4-5-6-9-16-33-24-15-14-20(18-25(24)31-2)26-28-23-13-8-7-12-22(23)27(30)29(26)19-21-11-10-17-32-21/h7-8,12-15,18,21,26,28H,3-6,9-11,16-17,19H2,1-2H3. The number of carbonyl (C=O) groups is 1. The van der Waals surface area contributed by atoms with Gasteiger partial charge in [-0.3, -0.25) is 4.79 Å². The van der Waals surface area contributed by atoms with Crippen LogP contribution in [0.25, 0.3) is 0 Å². The van der Waals surface area contributed by atoms with Crippen LogP contribution in [-0.2, 0) is 4.74 Å². The van der Waals surface area contributed by atoms with Crippen molar-refractivity contribution in [2.45, 2.75) is 64.1 Å². The van der Waals surface area contributed by atoms with E-state index in [9.17, 15) is 4.79 Å². The maximum atomic E-state index is 13.4. The highest BCUT2D eigenvalue weighted by Gasteiger charge is 2.35. The molecule has 2 atom stereocenters. The Balaban J connectivity index is 1.52. The summed E-state index contributed by atoms with van der Waals surface area (Å²) < 4.78 is 17.5. The number of nitrogens with one attached hydrogen (secondary N) is 1. The number of nitrogens with zero attached hydrogens (tertiary/aromatic N) is 1. The van der Waals surface area contributed by atoms with Gasteiger partial charge in [0.2, 0.25) is 0 Å². The molecule has 6 heteroatoms. The summed E-state index contributed by atoms with van der Waals surface area (Å²) in [7, 11) is 1.66. The predicted octanol–water partition coefficient (Wildman–Crippen LogP) is 5.79. The van der Waals surface area contributed by atoms with Crippen LogP contribution in [0, 0.1) is 0 Å². The first-order chi connectivity index (χ1) is 16.2. The van der Waals surface area contributed by atoms with Crippen molar-refractivity contribution in [2.75, 3.05) is 32.2 Å². The highest BCUT2D eigenvalue weighted by atomic mass is 16.5. The Bertz CT molecular complexity index is 926. The molecule has 2 aliphatic heterocycles. The SMILES string of the molecule is CCCCCCCOc1ccc(C2Nc3ccccc3C(=O)N2CC2CCCO2)cc1OC. The Hall–Kier alpha value is -2.73. The van der Waals surface area contributed by atoms with Gasteiger partial charge in [0.1, 0.15) is 6.17 Å². The summed E-state index contributed by atoms with van der Waals surface area (Å²) in [4.78, 5) is 15.3. The molecule has 178 valence electrons. The lowest BCUT2D eigenvalue weighted by atomic mass is 10.0. The molecule has 0 aromatic heterocycles. The molecule has 0 saturated carbocycles. The van der Waals surface area contributed by atoms with Crippen LogP contribution in [0.2, 0.25) is 0 Å². The topological polar surface area (TPSA) is 60.0 Å². The number of para-hydroxylation sites is 1. The second-order valence-electron chi connectivity index (χ2n) is 8.86. The molecule has 0 spiro atoms. The van der Waals surface area contributed by atoms with Gasteiger partial charge in [0, 0.05) is 18.8 Å². The Kier molecular flexibility index (Phi) is 8.10. The monoisotopic (exact) mass is 452 g/mol. The third-order valence-electron chi connectivity index (χ3n) is 6.46. The van der Waals surface area contributed by atoms with Gasteiger partial charge in [-0.05, 0) is 49.1 Å². The van der Waals surface area contributed by atoms with E-state index in [1.165, 1.54) is 25.7 Å². The molecule has 0 radical (unpaired) electrons. The number of hydrogen-bond acceptors (Lipinski definition) is 5. The summed E-state index contributed by atoms with van der Waals surface area (Å²) in [5.74, 6) is 1.45. The van der Waals surface area contributed by atoms with Crippen LogP contribution >= 0.6 is 0 Å². The van der Waals surface area contributed by atoms with Crippen LogP contribution in [0.1, 0.15) is 74.0 Å². The highest BCUT2D eigenvalue weighted by molar-refractivity contribution is 6.01. The summed E-state index contributed by atoms with van der Waals surface area (Å²) in [6.07, 6.45) is 7.77. The molecule has 2 unspecified atom stereocenters. The van der Waals surface area contributed by atoms with Gasteiger partial charge in [-0.15, -0.1) is 0 Å². The van der Waals surface area contributed by atoms with Gasteiger partial charge in [-0.2, -0.15) is 0 Å². The van der Waals surface area contributed by atoms with Crippen LogP contribution in [0.5, 0.6) is 11.5 Å². The number of benzene rings is 2. The van der Waals surface area contributed by atoms with Crippen molar-refractivity contribution in [1.82, 2.24) is 4.90 Å². The molecule has 2 aromatic carbocycles. The molecule has 6 nitrogen and oxygen atoms in total. The fraction of sp³-hybridized carbons (Fsp3) is 0.519. The minimum Gasteiger partial charge on any atom is -0.493 e. The average Bonchev–Trinajstić information content (AvgIpc) is 3.36. The number of hydrogen-bond donors (Lipinski definition) is 1. The lowest BCUT2D eigenvalue weighted by molar-refractivity contribution is 0.0426. The zero-order chi connectivity index (χ0) is 23.0. The number of amides is 1. The van der Waals surface area contributed by atoms with E-state index >= 15 is 0 Å². The summed E-state index contributed by atoms with van der Waals surface area (Å²) in [6, 6.07) is 13.6. The Labute approximate surface area is 197 Å². The molecule has 2 heterocycles. The van der Waals surface area contributed by atoms with E-state index in [1.807, 2.05) is 47.4 Å². The van der Waals surface area contributed by atoms with Crippen LogP contribution in [0.15, 0.2) is 42.5 Å². The first-order valence-corrected chi connectivity index (χ1v) is 12.3. The van der Waals surface area contributed by atoms with Crippen molar-refractivity contribution in [1.29, 1.82) is 0 Å². The highest BCUT2D eigenvalue weighted by Crippen LogP contribution is 2.37. The Morgan fingerprint density at radius 1 is 1.09 bits per heavy atom.